The second kappa shape index (κ2) is 11.2. The van der Waals surface area contributed by atoms with Crippen molar-refractivity contribution in [1.82, 2.24) is 15.5 Å². The SMILES string of the molecule is O=C1CCC(N2Cc3c(cccc3N(CCC3CC3)C3CCC(NCCOC(F)(F)F)CC3)C2=O)C(=O)N1. The van der Waals surface area contributed by atoms with Crippen LogP contribution in [0.4, 0.5) is 18.9 Å². The van der Waals surface area contributed by atoms with Gasteiger partial charge in [0.05, 0.1) is 6.61 Å². The third kappa shape index (κ3) is 6.31. The minimum atomic E-state index is -4.60. The van der Waals surface area contributed by atoms with Gasteiger partial charge in [0.2, 0.25) is 11.8 Å². The fourth-order valence-electron chi connectivity index (χ4n) is 6.09. The normalized spacial score (nSPS) is 25.9. The molecule has 1 unspecified atom stereocenters. The number of carbonyl (C=O) groups excluding carboxylic acids is 3. The summed E-state index contributed by atoms with van der Waals surface area (Å²) in [6.45, 7) is 0.984. The van der Waals surface area contributed by atoms with Crippen LogP contribution in [-0.4, -0.2) is 66.8 Å². The van der Waals surface area contributed by atoms with Crippen molar-refractivity contribution in [1.29, 1.82) is 0 Å². The van der Waals surface area contributed by atoms with Gasteiger partial charge < -0.3 is 15.1 Å². The van der Waals surface area contributed by atoms with Crippen LogP contribution in [0.1, 0.15) is 73.7 Å². The summed E-state index contributed by atoms with van der Waals surface area (Å²) >= 11 is 0. The van der Waals surface area contributed by atoms with Crippen LogP contribution >= 0.6 is 0 Å². The number of imide groups is 1. The van der Waals surface area contributed by atoms with Crippen molar-refractivity contribution < 1.29 is 32.3 Å². The highest BCUT2D eigenvalue weighted by Crippen LogP contribution is 2.39. The summed E-state index contributed by atoms with van der Waals surface area (Å²) in [5, 5.41) is 5.55. The quantitative estimate of drug-likeness (QED) is 0.352. The van der Waals surface area contributed by atoms with E-state index < -0.39 is 24.9 Å². The zero-order valence-electron chi connectivity index (χ0n) is 21.4. The van der Waals surface area contributed by atoms with Gasteiger partial charge in [0, 0.05) is 55.0 Å². The van der Waals surface area contributed by atoms with E-state index in [-0.39, 0.29) is 36.9 Å². The maximum Gasteiger partial charge on any atom is 0.522 e. The van der Waals surface area contributed by atoms with E-state index in [4.69, 9.17) is 0 Å². The predicted octanol–water partition coefficient (Wildman–Crippen LogP) is 3.49. The molecule has 1 aromatic rings. The molecule has 208 valence electrons. The largest absolute Gasteiger partial charge is 0.522 e. The average molecular weight is 537 g/mol. The zero-order chi connectivity index (χ0) is 26.9. The van der Waals surface area contributed by atoms with Gasteiger partial charge in [-0.05, 0) is 56.6 Å². The molecular formula is C27H35F3N4O4. The molecule has 2 aliphatic heterocycles. The third-order valence-electron chi connectivity index (χ3n) is 8.28. The Hall–Kier alpha value is -2.66. The van der Waals surface area contributed by atoms with Gasteiger partial charge >= 0.3 is 6.36 Å². The number of nitrogens with one attached hydrogen (secondary N) is 2. The number of carbonyl (C=O) groups is 3. The first kappa shape index (κ1) is 26.9. The van der Waals surface area contributed by atoms with Crippen LogP contribution in [0.3, 0.4) is 0 Å². The summed E-state index contributed by atoms with van der Waals surface area (Å²) in [4.78, 5) is 41.5. The third-order valence-corrected chi connectivity index (χ3v) is 8.28. The molecule has 3 fully saturated rings. The summed E-state index contributed by atoms with van der Waals surface area (Å²) in [5.74, 6) is -0.156. The lowest BCUT2D eigenvalue weighted by Crippen LogP contribution is -2.52. The van der Waals surface area contributed by atoms with E-state index in [2.05, 4.69) is 26.3 Å². The van der Waals surface area contributed by atoms with E-state index in [0.717, 1.165) is 55.8 Å². The molecule has 0 radical (unpaired) electrons. The first-order chi connectivity index (χ1) is 18.2. The standard InChI is InChI=1S/C27H35F3N4O4/c28-27(29,30)38-15-13-31-18-6-8-19(9-7-18)33(14-12-17-4-5-17)22-3-1-2-20-21(22)16-34(26(20)37)23-10-11-24(35)32-25(23)36/h1-3,17-19,23,31H,4-16H2,(H,32,35,36). The van der Waals surface area contributed by atoms with E-state index in [1.165, 1.54) is 12.8 Å². The van der Waals surface area contributed by atoms with Crippen molar-refractivity contribution in [2.75, 3.05) is 24.6 Å². The number of hydrogen-bond donors (Lipinski definition) is 2. The molecule has 2 heterocycles. The molecule has 2 N–H and O–H groups in total. The molecule has 1 saturated heterocycles. The number of rotatable bonds is 10. The lowest BCUT2D eigenvalue weighted by Gasteiger charge is -2.40. The van der Waals surface area contributed by atoms with Crippen molar-refractivity contribution in [3.8, 4) is 0 Å². The molecule has 1 atom stereocenters. The van der Waals surface area contributed by atoms with E-state index in [9.17, 15) is 27.6 Å². The highest BCUT2D eigenvalue weighted by Gasteiger charge is 2.41. The van der Waals surface area contributed by atoms with Gasteiger partial charge in [-0.25, -0.2) is 0 Å². The van der Waals surface area contributed by atoms with Gasteiger partial charge in [-0.15, -0.1) is 13.2 Å². The monoisotopic (exact) mass is 536 g/mol. The highest BCUT2D eigenvalue weighted by molar-refractivity contribution is 6.06. The highest BCUT2D eigenvalue weighted by atomic mass is 19.4. The number of alkyl halides is 3. The number of amides is 3. The molecule has 1 aromatic carbocycles. The van der Waals surface area contributed by atoms with Gasteiger partial charge in [-0.3, -0.25) is 24.4 Å². The Morgan fingerprint density at radius 2 is 1.82 bits per heavy atom. The Labute approximate surface area is 220 Å². The van der Waals surface area contributed by atoms with Gasteiger partial charge in [0.25, 0.3) is 5.91 Å². The van der Waals surface area contributed by atoms with Crippen molar-refractivity contribution in [2.24, 2.45) is 5.92 Å². The Bertz CT molecular complexity index is 1050. The second-order valence-electron chi connectivity index (χ2n) is 10.9. The molecule has 2 saturated carbocycles. The smallest absolute Gasteiger partial charge is 0.368 e. The minimum absolute atomic E-state index is 0.152. The second-order valence-corrected chi connectivity index (χ2v) is 10.9. The summed E-state index contributed by atoms with van der Waals surface area (Å²) < 4.78 is 40.6. The van der Waals surface area contributed by atoms with Crippen molar-refractivity contribution in [3.05, 3.63) is 29.3 Å². The average Bonchev–Trinajstić information content (AvgIpc) is 3.65. The number of fused-ring (bicyclic) bond motifs is 1. The zero-order valence-corrected chi connectivity index (χ0v) is 21.4. The predicted molar refractivity (Wildman–Crippen MR) is 133 cm³/mol. The van der Waals surface area contributed by atoms with E-state index in [1.807, 2.05) is 12.1 Å². The molecule has 38 heavy (non-hydrogen) atoms. The fraction of sp³-hybridized carbons (Fsp3) is 0.667. The molecular weight excluding hydrogens is 501 g/mol. The number of ether oxygens (including phenoxy) is 1. The van der Waals surface area contributed by atoms with E-state index in [0.29, 0.717) is 18.5 Å². The molecule has 0 bridgehead atoms. The number of anilines is 1. The maximum absolute atomic E-state index is 13.3. The summed E-state index contributed by atoms with van der Waals surface area (Å²) in [5.41, 5.74) is 2.58. The Balaban J connectivity index is 1.27. The molecule has 5 rings (SSSR count). The number of halogens is 3. The number of nitrogens with zero attached hydrogens (tertiary/aromatic N) is 2. The molecule has 11 heteroatoms. The summed E-state index contributed by atoms with van der Waals surface area (Å²) in [6.07, 6.45) is 3.03. The first-order valence-corrected chi connectivity index (χ1v) is 13.7. The van der Waals surface area contributed by atoms with E-state index in [1.54, 1.807) is 4.90 Å². The minimum Gasteiger partial charge on any atom is -0.368 e. The van der Waals surface area contributed by atoms with Crippen LogP contribution in [0.5, 0.6) is 0 Å². The van der Waals surface area contributed by atoms with Gasteiger partial charge in [0.1, 0.15) is 6.04 Å². The van der Waals surface area contributed by atoms with Crippen LogP contribution in [0.2, 0.25) is 0 Å². The van der Waals surface area contributed by atoms with Gasteiger partial charge in [-0.1, -0.05) is 18.9 Å². The van der Waals surface area contributed by atoms with Gasteiger partial charge in [-0.2, -0.15) is 0 Å². The first-order valence-electron chi connectivity index (χ1n) is 13.7. The Kier molecular flexibility index (Phi) is 7.95. The van der Waals surface area contributed by atoms with Crippen LogP contribution in [0.15, 0.2) is 18.2 Å². The van der Waals surface area contributed by atoms with Crippen molar-refractivity contribution in [2.45, 2.75) is 88.8 Å². The molecule has 3 amide bonds. The Morgan fingerprint density at radius 3 is 2.50 bits per heavy atom. The molecule has 0 spiro atoms. The van der Waals surface area contributed by atoms with Crippen LogP contribution < -0.4 is 15.5 Å². The van der Waals surface area contributed by atoms with E-state index >= 15 is 0 Å². The molecule has 2 aliphatic carbocycles. The lowest BCUT2D eigenvalue weighted by molar-refractivity contribution is -0.323. The Morgan fingerprint density at radius 1 is 1.05 bits per heavy atom. The van der Waals surface area contributed by atoms with Crippen LogP contribution in [0, 0.1) is 5.92 Å². The molecule has 8 nitrogen and oxygen atoms in total. The number of hydrogen-bond acceptors (Lipinski definition) is 6. The summed E-state index contributed by atoms with van der Waals surface area (Å²) in [7, 11) is 0. The van der Waals surface area contributed by atoms with Crippen LogP contribution in [0.25, 0.3) is 0 Å². The van der Waals surface area contributed by atoms with Crippen molar-refractivity contribution in [3.63, 3.8) is 0 Å². The van der Waals surface area contributed by atoms with Gasteiger partial charge in [0.15, 0.2) is 0 Å². The van der Waals surface area contributed by atoms with Crippen LogP contribution in [-0.2, 0) is 20.9 Å². The van der Waals surface area contributed by atoms with Crippen molar-refractivity contribution >= 4 is 23.4 Å². The summed E-state index contributed by atoms with van der Waals surface area (Å²) in [6, 6.07) is 5.55. The number of piperidine rings is 1. The molecule has 0 aromatic heterocycles. The lowest BCUT2D eigenvalue weighted by atomic mass is 9.89. The number of benzene rings is 1. The fourth-order valence-corrected chi connectivity index (χ4v) is 6.09. The maximum atomic E-state index is 13.3. The topological polar surface area (TPSA) is 91.0 Å². The molecule has 4 aliphatic rings.